The molecule has 0 bridgehead atoms. The Bertz CT molecular complexity index is 88.6. The average molecular weight is 180 g/mol. The van der Waals surface area contributed by atoms with Gasteiger partial charge in [0.05, 0.1) is 0 Å². The maximum atomic E-state index is 5.36. The van der Waals surface area contributed by atoms with Gasteiger partial charge in [-0.3, -0.25) is 0 Å². The van der Waals surface area contributed by atoms with Crippen LogP contribution >= 0.6 is 7.26 Å². The van der Waals surface area contributed by atoms with Gasteiger partial charge in [0.15, 0.2) is 0 Å². The molecule has 0 amide bonds. The van der Waals surface area contributed by atoms with Crippen LogP contribution in [0.25, 0.3) is 0 Å². The van der Waals surface area contributed by atoms with Crippen molar-refractivity contribution in [2.45, 2.75) is 0 Å². The fourth-order valence-electron chi connectivity index (χ4n) is 0.623. The van der Waals surface area contributed by atoms with Gasteiger partial charge in [0, 0.05) is 0 Å². The van der Waals surface area contributed by atoms with Gasteiger partial charge in [-0.05, 0) is 0 Å². The number of ether oxygens (including phenoxy) is 2. The van der Waals surface area contributed by atoms with Crippen molar-refractivity contribution >= 4 is 7.26 Å². The predicted octanol–water partition coefficient (Wildman–Crippen LogP) is 1.29. The fraction of sp³-hybridized carbons (Fsp3) is 1.00. The standard InChI is InChI=1S/C8H21O2P/c1-9-5-6-10-7-8-11(2,3)4/h11H,5-8H2,1-4H3. The van der Waals surface area contributed by atoms with Gasteiger partial charge in [-0.25, -0.2) is 0 Å². The van der Waals surface area contributed by atoms with E-state index in [9.17, 15) is 0 Å². The van der Waals surface area contributed by atoms with E-state index < -0.39 is 7.26 Å². The summed E-state index contributed by atoms with van der Waals surface area (Å²) in [6, 6.07) is 0. The first-order valence-electron chi connectivity index (χ1n) is 4.13. The molecule has 0 unspecified atom stereocenters. The molecule has 0 aliphatic rings. The van der Waals surface area contributed by atoms with Crippen molar-refractivity contribution in [3.8, 4) is 0 Å². The quantitative estimate of drug-likeness (QED) is 0.453. The Labute approximate surface area is 70.6 Å². The summed E-state index contributed by atoms with van der Waals surface area (Å²) in [7, 11) is 0.813. The van der Waals surface area contributed by atoms with Crippen molar-refractivity contribution < 1.29 is 9.47 Å². The normalized spacial score (nSPS) is 13.5. The van der Waals surface area contributed by atoms with Crippen molar-refractivity contribution in [2.24, 2.45) is 0 Å². The van der Waals surface area contributed by atoms with Gasteiger partial charge >= 0.3 is 69.8 Å². The number of methoxy groups -OCH3 is 1. The topological polar surface area (TPSA) is 18.5 Å². The van der Waals surface area contributed by atoms with Crippen LogP contribution in [-0.4, -0.2) is 53.1 Å². The molecular weight excluding hydrogens is 159 g/mol. The van der Waals surface area contributed by atoms with Crippen molar-refractivity contribution in [1.29, 1.82) is 0 Å². The Morgan fingerprint density at radius 3 is 2.09 bits per heavy atom. The van der Waals surface area contributed by atoms with Crippen LogP contribution < -0.4 is 0 Å². The summed E-state index contributed by atoms with van der Waals surface area (Å²) in [5.74, 6) is 0. The molecule has 0 rings (SSSR count). The van der Waals surface area contributed by atoms with Gasteiger partial charge in [-0.2, -0.15) is 0 Å². The van der Waals surface area contributed by atoms with E-state index in [0.717, 1.165) is 13.2 Å². The summed E-state index contributed by atoms with van der Waals surface area (Å²) < 4.78 is 10.2. The van der Waals surface area contributed by atoms with Gasteiger partial charge in [0.25, 0.3) is 0 Å². The monoisotopic (exact) mass is 180 g/mol. The molecule has 11 heavy (non-hydrogen) atoms. The Morgan fingerprint density at radius 1 is 1.00 bits per heavy atom. The Hall–Kier alpha value is 0.350. The Balaban J connectivity index is 3.02. The summed E-state index contributed by atoms with van der Waals surface area (Å²) in [4.78, 5) is 0. The van der Waals surface area contributed by atoms with E-state index in [2.05, 4.69) is 20.0 Å². The van der Waals surface area contributed by atoms with Crippen LogP contribution in [0.2, 0.25) is 0 Å². The molecule has 0 radical (unpaired) electrons. The van der Waals surface area contributed by atoms with E-state index in [0.29, 0.717) is 6.61 Å². The minimum absolute atomic E-state index is 0.714. The third kappa shape index (κ3) is 10.4. The van der Waals surface area contributed by atoms with Gasteiger partial charge in [-0.15, -0.1) is 0 Å². The Morgan fingerprint density at radius 2 is 1.64 bits per heavy atom. The van der Waals surface area contributed by atoms with Crippen molar-refractivity contribution in [3.05, 3.63) is 0 Å². The van der Waals surface area contributed by atoms with E-state index in [1.807, 2.05) is 0 Å². The fourth-order valence-corrected chi connectivity index (χ4v) is 1.38. The molecule has 0 aromatic carbocycles. The summed E-state index contributed by atoms with van der Waals surface area (Å²) >= 11 is 0. The van der Waals surface area contributed by atoms with Gasteiger partial charge < -0.3 is 0 Å². The zero-order chi connectivity index (χ0) is 8.74. The third-order valence-electron chi connectivity index (χ3n) is 1.43. The second kappa shape index (κ2) is 5.93. The van der Waals surface area contributed by atoms with E-state index >= 15 is 0 Å². The average Bonchev–Trinajstić information content (AvgIpc) is 1.85. The SMILES string of the molecule is COCCOCC[PH](C)(C)C. The molecule has 3 heteroatoms. The first kappa shape index (κ1) is 11.4. The van der Waals surface area contributed by atoms with Gasteiger partial charge in [-0.1, -0.05) is 0 Å². The molecule has 0 spiro atoms. The van der Waals surface area contributed by atoms with Gasteiger partial charge in [0.2, 0.25) is 0 Å². The molecule has 0 saturated carbocycles. The van der Waals surface area contributed by atoms with Crippen molar-refractivity contribution in [3.63, 3.8) is 0 Å². The molecule has 0 saturated heterocycles. The van der Waals surface area contributed by atoms with Crippen LogP contribution in [0.5, 0.6) is 0 Å². The summed E-state index contributed by atoms with van der Waals surface area (Å²) in [6.45, 7) is 9.41. The summed E-state index contributed by atoms with van der Waals surface area (Å²) in [5.41, 5.74) is 0. The first-order valence-corrected chi connectivity index (χ1v) is 7.83. The number of hydrogen-bond donors (Lipinski definition) is 0. The molecule has 0 aliphatic heterocycles. The molecule has 0 fully saturated rings. The molecular formula is C8H21O2P. The van der Waals surface area contributed by atoms with Crippen LogP contribution in [0.4, 0.5) is 0 Å². The van der Waals surface area contributed by atoms with Crippen LogP contribution in [0.3, 0.4) is 0 Å². The zero-order valence-corrected chi connectivity index (χ0v) is 9.14. The third-order valence-corrected chi connectivity index (χ3v) is 3.13. The zero-order valence-electron chi connectivity index (χ0n) is 8.14. The van der Waals surface area contributed by atoms with Crippen LogP contribution in [0, 0.1) is 0 Å². The van der Waals surface area contributed by atoms with Crippen LogP contribution in [0.15, 0.2) is 0 Å². The second-order valence-corrected chi connectivity index (χ2v) is 9.54. The maximum absolute atomic E-state index is 5.36. The second-order valence-electron chi connectivity index (χ2n) is 3.92. The molecule has 0 heterocycles. The Kier molecular flexibility index (Phi) is 6.12. The molecule has 0 aromatic rings. The number of rotatable bonds is 6. The molecule has 0 aromatic heterocycles. The molecule has 0 N–H and O–H groups in total. The van der Waals surface area contributed by atoms with E-state index in [-0.39, 0.29) is 0 Å². The van der Waals surface area contributed by atoms with E-state index in [4.69, 9.17) is 9.47 Å². The molecule has 2 nitrogen and oxygen atoms in total. The van der Waals surface area contributed by atoms with Crippen LogP contribution in [-0.2, 0) is 9.47 Å². The summed E-state index contributed by atoms with van der Waals surface area (Å²) in [5, 5.41) is 0. The minimum atomic E-state index is -0.883. The van der Waals surface area contributed by atoms with E-state index in [1.54, 1.807) is 7.11 Å². The predicted molar refractivity (Wildman–Crippen MR) is 53.6 cm³/mol. The summed E-state index contributed by atoms with van der Waals surface area (Å²) in [6.07, 6.45) is 1.25. The van der Waals surface area contributed by atoms with Crippen molar-refractivity contribution in [1.82, 2.24) is 0 Å². The van der Waals surface area contributed by atoms with E-state index in [1.165, 1.54) is 6.16 Å². The molecule has 0 atom stereocenters. The molecule has 70 valence electrons. The van der Waals surface area contributed by atoms with Crippen LogP contribution in [0.1, 0.15) is 0 Å². The molecule has 0 aliphatic carbocycles. The number of hydrogen-bond acceptors (Lipinski definition) is 2. The first-order chi connectivity index (χ1) is 5.06. The van der Waals surface area contributed by atoms with Crippen molar-refractivity contribution in [2.75, 3.05) is 53.1 Å². The van der Waals surface area contributed by atoms with Gasteiger partial charge in [0.1, 0.15) is 0 Å².